The summed E-state index contributed by atoms with van der Waals surface area (Å²) < 4.78 is 4.79. The Hall–Kier alpha value is -3.20. The number of nitrogens with zero attached hydrogens (tertiary/aromatic N) is 2. The fraction of sp³-hybridized carbons (Fsp3) is 0.429. The summed E-state index contributed by atoms with van der Waals surface area (Å²) in [6, 6.07) is 15.1. The van der Waals surface area contributed by atoms with Crippen molar-refractivity contribution in [1.82, 2.24) is 20.4 Å². The van der Waals surface area contributed by atoms with Gasteiger partial charge in [-0.15, -0.1) is 0 Å². The number of carbonyl (C=O) groups is 2. The molecule has 0 unspecified atom stereocenters. The van der Waals surface area contributed by atoms with Gasteiger partial charge in [0.15, 0.2) is 0 Å². The first kappa shape index (κ1) is 27.4. The van der Waals surface area contributed by atoms with Gasteiger partial charge in [0.1, 0.15) is 0 Å². The zero-order valence-corrected chi connectivity index (χ0v) is 21.5. The van der Waals surface area contributed by atoms with Gasteiger partial charge in [-0.2, -0.15) is 0 Å². The van der Waals surface area contributed by atoms with Crippen LogP contribution in [0.3, 0.4) is 0 Å². The molecule has 2 aromatic carbocycles. The predicted molar refractivity (Wildman–Crippen MR) is 145 cm³/mol. The summed E-state index contributed by atoms with van der Waals surface area (Å²) in [4.78, 5) is 29.2. The zero-order chi connectivity index (χ0) is 25.8. The molecular weight excluding hydrogens is 454 g/mol. The predicted octanol–water partition coefficient (Wildman–Crippen LogP) is 2.91. The van der Waals surface area contributed by atoms with Gasteiger partial charge in [-0.3, -0.25) is 4.90 Å². The molecule has 3 N–H and O–H groups in total. The largest absolute Gasteiger partial charge is 0.465 e. The molecule has 0 spiro atoms. The van der Waals surface area contributed by atoms with Crippen molar-refractivity contribution in [3.8, 4) is 0 Å². The van der Waals surface area contributed by atoms with Crippen LogP contribution in [0.25, 0.3) is 0 Å². The SMILES string of the molecule is C=C(CN1CCNCC1)CN(CCNCCc1cccc(C)c1)C(=O)Nc1cccc(C(=O)OC)c1. The summed E-state index contributed by atoms with van der Waals surface area (Å²) in [6.07, 6.45) is 0.934. The molecule has 3 rings (SSSR count). The lowest BCUT2D eigenvalue weighted by atomic mass is 10.1. The van der Waals surface area contributed by atoms with Gasteiger partial charge in [0.2, 0.25) is 0 Å². The van der Waals surface area contributed by atoms with E-state index in [-0.39, 0.29) is 6.03 Å². The summed E-state index contributed by atoms with van der Waals surface area (Å²) >= 11 is 0. The molecule has 0 saturated carbocycles. The molecule has 8 heteroatoms. The minimum Gasteiger partial charge on any atom is -0.465 e. The van der Waals surface area contributed by atoms with Gasteiger partial charge in [0.05, 0.1) is 12.7 Å². The van der Waals surface area contributed by atoms with Gasteiger partial charge in [-0.25, -0.2) is 9.59 Å². The molecule has 194 valence electrons. The number of benzene rings is 2. The highest BCUT2D eigenvalue weighted by Crippen LogP contribution is 2.13. The molecule has 1 aliphatic rings. The number of hydrogen-bond acceptors (Lipinski definition) is 6. The highest BCUT2D eigenvalue weighted by molar-refractivity contribution is 5.94. The molecule has 0 aromatic heterocycles. The third-order valence-electron chi connectivity index (χ3n) is 6.12. The minimum atomic E-state index is -0.440. The topological polar surface area (TPSA) is 85.9 Å². The number of aryl methyl sites for hydroxylation is 1. The monoisotopic (exact) mass is 493 g/mol. The van der Waals surface area contributed by atoms with E-state index in [1.807, 2.05) is 0 Å². The molecule has 0 radical (unpaired) electrons. The van der Waals surface area contributed by atoms with Gasteiger partial charge in [-0.05, 0) is 49.2 Å². The summed E-state index contributed by atoms with van der Waals surface area (Å²) in [5.74, 6) is -0.440. The molecule has 1 heterocycles. The van der Waals surface area contributed by atoms with E-state index in [1.165, 1.54) is 18.2 Å². The number of piperazine rings is 1. The Kier molecular flexibility index (Phi) is 10.9. The van der Waals surface area contributed by atoms with Crippen LogP contribution >= 0.6 is 0 Å². The number of carbonyl (C=O) groups excluding carboxylic acids is 2. The summed E-state index contributed by atoms with van der Waals surface area (Å²) in [5, 5.41) is 9.75. The number of urea groups is 1. The maximum atomic E-state index is 13.2. The molecule has 36 heavy (non-hydrogen) atoms. The molecule has 1 fully saturated rings. The van der Waals surface area contributed by atoms with Crippen LogP contribution in [-0.2, 0) is 11.2 Å². The number of rotatable bonds is 12. The van der Waals surface area contributed by atoms with Crippen LogP contribution in [0.2, 0.25) is 0 Å². The maximum Gasteiger partial charge on any atom is 0.337 e. The van der Waals surface area contributed by atoms with Crippen molar-refractivity contribution in [2.75, 3.05) is 71.3 Å². The fourth-order valence-electron chi connectivity index (χ4n) is 4.24. The molecule has 8 nitrogen and oxygen atoms in total. The Bertz CT molecular complexity index is 1020. The first-order chi connectivity index (χ1) is 17.4. The number of methoxy groups -OCH3 is 1. The van der Waals surface area contributed by atoms with Gasteiger partial charge in [0, 0.05) is 58.0 Å². The molecule has 0 bridgehead atoms. The Balaban J connectivity index is 1.56. The molecule has 1 aliphatic heterocycles. The second-order valence-electron chi connectivity index (χ2n) is 9.19. The first-order valence-corrected chi connectivity index (χ1v) is 12.5. The van der Waals surface area contributed by atoms with E-state index >= 15 is 0 Å². The van der Waals surface area contributed by atoms with E-state index in [0.717, 1.165) is 51.3 Å². The third kappa shape index (κ3) is 9.11. The van der Waals surface area contributed by atoms with Crippen LogP contribution in [0.5, 0.6) is 0 Å². The molecule has 1 saturated heterocycles. The Morgan fingerprint density at radius 1 is 1.11 bits per heavy atom. The van der Waals surface area contributed by atoms with Crippen molar-refractivity contribution in [3.05, 3.63) is 77.4 Å². The second kappa shape index (κ2) is 14.4. The smallest absolute Gasteiger partial charge is 0.337 e. The van der Waals surface area contributed by atoms with E-state index in [2.05, 4.69) is 58.6 Å². The van der Waals surface area contributed by atoms with E-state index < -0.39 is 5.97 Å². The standard InChI is InChI=1S/C28H39N5O3/c1-22-6-4-7-24(18-22)10-11-29-14-17-33(21-23(2)20-32-15-12-30-13-16-32)28(35)31-26-9-5-8-25(19-26)27(34)36-3/h4-9,18-19,29-30H,2,10-17,20-21H2,1,3H3,(H,31,35). The van der Waals surface area contributed by atoms with Crippen molar-refractivity contribution in [2.24, 2.45) is 0 Å². The quantitative estimate of drug-likeness (QED) is 0.240. The van der Waals surface area contributed by atoms with Gasteiger partial charge < -0.3 is 25.6 Å². The van der Waals surface area contributed by atoms with E-state index in [4.69, 9.17) is 4.74 Å². The summed E-state index contributed by atoms with van der Waals surface area (Å²) in [7, 11) is 1.34. The van der Waals surface area contributed by atoms with Crippen molar-refractivity contribution in [3.63, 3.8) is 0 Å². The van der Waals surface area contributed by atoms with E-state index in [0.29, 0.717) is 30.9 Å². The maximum absolute atomic E-state index is 13.2. The Labute approximate surface area is 214 Å². The van der Waals surface area contributed by atoms with Crippen molar-refractivity contribution >= 4 is 17.7 Å². The number of ether oxygens (including phenoxy) is 1. The number of anilines is 1. The van der Waals surface area contributed by atoms with Crippen molar-refractivity contribution in [2.45, 2.75) is 13.3 Å². The average Bonchev–Trinajstić information content (AvgIpc) is 2.88. The van der Waals surface area contributed by atoms with E-state index in [1.54, 1.807) is 29.2 Å². The average molecular weight is 494 g/mol. The normalized spacial score (nSPS) is 13.7. The molecule has 0 aliphatic carbocycles. The first-order valence-electron chi connectivity index (χ1n) is 12.5. The Morgan fingerprint density at radius 3 is 2.64 bits per heavy atom. The van der Waals surface area contributed by atoms with Crippen LogP contribution in [-0.4, -0.2) is 87.8 Å². The molecule has 2 aromatic rings. The summed E-state index contributed by atoms with van der Waals surface area (Å²) in [5.41, 5.74) is 4.49. The fourth-order valence-corrected chi connectivity index (χ4v) is 4.24. The number of amides is 2. The third-order valence-corrected chi connectivity index (χ3v) is 6.12. The highest BCUT2D eigenvalue weighted by Gasteiger charge is 2.18. The summed E-state index contributed by atoms with van der Waals surface area (Å²) in [6.45, 7) is 13.5. The number of nitrogens with one attached hydrogen (secondary N) is 3. The zero-order valence-electron chi connectivity index (χ0n) is 21.5. The van der Waals surface area contributed by atoms with Gasteiger partial charge >= 0.3 is 12.0 Å². The van der Waals surface area contributed by atoms with Gasteiger partial charge in [-0.1, -0.05) is 42.5 Å². The lowest BCUT2D eigenvalue weighted by Gasteiger charge is -2.30. The molecule has 0 atom stereocenters. The minimum absolute atomic E-state index is 0.223. The molecular formula is C28H39N5O3. The van der Waals surface area contributed by atoms with Crippen LogP contribution in [0.15, 0.2) is 60.7 Å². The number of hydrogen-bond donors (Lipinski definition) is 3. The molecule has 2 amide bonds. The number of esters is 1. The second-order valence-corrected chi connectivity index (χ2v) is 9.19. The van der Waals surface area contributed by atoms with Crippen molar-refractivity contribution in [1.29, 1.82) is 0 Å². The van der Waals surface area contributed by atoms with Crippen LogP contribution in [0.1, 0.15) is 21.5 Å². The lowest BCUT2D eigenvalue weighted by Crippen LogP contribution is -2.46. The Morgan fingerprint density at radius 2 is 1.89 bits per heavy atom. The van der Waals surface area contributed by atoms with Crippen molar-refractivity contribution < 1.29 is 14.3 Å². The lowest BCUT2D eigenvalue weighted by molar-refractivity contribution is 0.0600. The van der Waals surface area contributed by atoms with Crippen LogP contribution < -0.4 is 16.0 Å². The van der Waals surface area contributed by atoms with Gasteiger partial charge in [0.25, 0.3) is 0 Å². The van der Waals surface area contributed by atoms with Crippen LogP contribution in [0, 0.1) is 6.92 Å². The van der Waals surface area contributed by atoms with E-state index in [9.17, 15) is 9.59 Å². The highest BCUT2D eigenvalue weighted by atomic mass is 16.5. The van der Waals surface area contributed by atoms with Crippen LogP contribution in [0.4, 0.5) is 10.5 Å².